The van der Waals surface area contributed by atoms with Crippen molar-refractivity contribution in [2.45, 2.75) is 166 Å². The molecule has 0 radical (unpaired) electrons. The molecule has 2 aromatic rings. The number of benzene rings is 2. The molecule has 0 unspecified atom stereocenters. The normalized spacial score (nSPS) is 23.4. The summed E-state index contributed by atoms with van der Waals surface area (Å²) in [7, 11) is 0. The van der Waals surface area contributed by atoms with E-state index >= 15 is 0 Å². The van der Waals surface area contributed by atoms with Gasteiger partial charge in [-0.2, -0.15) is 11.8 Å². The van der Waals surface area contributed by atoms with E-state index in [1.807, 2.05) is 49.0 Å². The molecule has 9 heteroatoms. The lowest BCUT2D eigenvalue weighted by Gasteiger charge is -2.58. The van der Waals surface area contributed by atoms with Gasteiger partial charge in [-0.1, -0.05) is 133 Å². The number of aldehydes is 1. The molecule has 1 fully saturated rings. The van der Waals surface area contributed by atoms with Crippen molar-refractivity contribution in [3.8, 4) is 17.2 Å². The van der Waals surface area contributed by atoms with Crippen LogP contribution in [0.3, 0.4) is 0 Å². The van der Waals surface area contributed by atoms with Crippen molar-refractivity contribution in [1.29, 1.82) is 0 Å². The second kappa shape index (κ2) is 27.2. The predicted molar refractivity (Wildman–Crippen MR) is 251 cm³/mol. The molecule has 1 saturated carbocycles. The quantitative estimate of drug-likeness (QED) is 0.0324. The summed E-state index contributed by atoms with van der Waals surface area (Å²) in [6, 6.07) is 13.3. The van der Waals surface area contributed by atoms with Gasteiger partial charge in [0.15, 0.2) is 0 Å². The van der Waals surface area contributed by atoms with Crippen LogP contribution >= 0.6 is 11.8 Å². The summed E-state index contributed by atoms with van der Waals surface area (Å²) in [5, 5.41) is 24.6. The van der Waals surface area contributed by atoms with Crippen LogP contribution in [0.15, 0.2) is 71.9 Å². The number of hydrogen-bond acceptors (Lipinski definition) is 9. The van der Waals surface area contributed by atoms with Crippen LogP contribution in [0, 0.1) is 17.8 Å². The molecule has 1 aliphatic heterocycles. The zero-order valence-electron chi connectivity index (χ0n) is 37.5. The molecule has 6 atom stereocenters. The number of hydrogen-bond donors (Lipinski definition) is 2. The van der Waals surface area contributed by atoms with E-state index in [-0.39, 0.29) is 42.1 Å². The van der Waals surface area contributed by atoms with Crippen molar-refractivity contribution in [2.75, 3.05) is 32.2 Å². The average molecular weight is 860 g/mol. The van der Waals surface area contributed by atoms with Gasteiger partial charge in [0.2, 0.25) is 5.79 Å². The van der Waals surface area contributed by atoms with E-state index in [4.69, 9.17) is 24.2 Å². The number of allylic oxidation sites excluding steroid dienone is 1. The fourth-order valence-electron chi connectivity index (χ4n) is 9.99. The largest absolute Gasteiger partial charge is 0.460 e. The SMILES string of the molecule is C=CCO[C@@]12Oc3ccc(Oc4cccc(C=O)c4)cc3[C@H]3[C@H](CCCCO)[C@@H](CCCCO)C=C(C(=NOCC)C[C@@H]1SCCCCCCCCCCCCCCCC)[C@H]32. The van der Waals surface area contributed by atoms with Crippen LogP contribution in [0.5, 0.6) is 17.2 Å². The number of rotatable bonds is 32. The van der Waals surface area contributed by atoms with Crippen LogP contribution in [0.2, 0.25) is 0 Å². The van der Waals surface area contributed by atoms with Gasteiger partial charge >= 0.3 is 0 Å². The minimum Gasteiger partial charge on any atom is -0.460 e. The molecular weight excluding hydrogens is 783 g/mol. The van der Waals surface area contributed by atoms with E-state index in [2.05, 4.69) is 25.6 Å². The molecule has 3 aliphatic rings. The van der Waals surface area contributed by atoms with Crippen molar-refractivity contribution in [3.05, 3.63) is 77.9 Å². The number of carbonyl (C=O) groups is 1. The number of nitrogens with zero attached hydrogens (tertiary/aromatic N) is 1. The third kappa shape index (κ3) is 13.9. The molecule has 8 nitrogen and oxygen atoms in total. The first kappa shape index (κ1) is 48.9. The third-order valence-electron chi connectivity index (χ3n) is 13.0. The fourth-order valence-corrected chi connectivity index (χ4v) is 11.4. The van der Waals surface area contributed by atoms with Gasteiger partial charge in [0, 0.05) is 36.7 Å². The zero-order valence-corrected chi connectivity index (χ0v) is 38.4. The molecule has 2 N–H and O–H groups in total. The lowest BCUT2D eigenvalue weighted by Crippen LogP contribution is -2.64. The Balaban J connectivity index is 1.41. The van der Waals surface area contributed by atoms with Crippen LogP contribution in [-0.4, -0.2) is 65.4 Å². The third-order valence-corrected chi connectivity index (χ3v) is 14.4. The van der Waals surface area contributed by atoms with Crippen molar-refractivity contribution in [2.24, 2.45) is 22.9 Å². The predicted octanol–water partition coefficient (Wildman–Crippen LogP) is 13.2. The van der Waals surface area contributed by atoms with Gasteiger partial charge in [-0.15, -0.1) is 6.58 Å². The van der Waals surface area contributed by atoms with E-state index in [0.29, 0.717) is 36.7 Å². The number of aliphatic hydroxyl groups is 2. The summed E-state index contributed by atoms with van der Waals surface area (Å²) in [5.74, 6) is 2.34. The summed E-state index contributed by atoms with van der Waals surface area (Å²) in [4.78, 5) is 17.5. The van der Waals surface area contributed by atoms with E-state index in [1.54, 1.807) is 12.1 Å². The average Bonchev–Trinajstić information content (AvgIpc) is 3.28. The van der Waals surface area contributed by atoms with Crippen LogP contribution in [0.25, 0.3) is 0 Å². The van der Waals surface area contributed by atoms with Gasteiger partial charge in [0.1, 0.15) is 30.1 Å². The number of carbonyl (C=O) groups excluding carboxylic acids is 1. The molecule has 2 aromatic carbocycles. The second-order valence-electron chi connectivity index (χ2n) is 17.4. The molecule has 5 rings (SSSR count). The van der Waals surface area contributed by atoms with Crippen molar-refractivity contribution >= 4 is 23.8 Å². The topological polar surface area (TPSA) is 107 Å². The van der Waals surface area contributed by atoms with Crippen molar-refractivity contribution in [3.63, 3.8) is 0 Å². The molecule has 0 bridgehead atoms. The Bertz CT molecular complexity index is 1660. The van der Waals surface area contributed by atoms with E-state index in [0.717, 1.165) is 79.6 Å². The number of unbranched alkanes of at least 4 members (excludes halogenated alkanes) is 15. The van der Waals surface area contributed by atoms with Gasteiger partial charge in [-0.05, 0) is 92.5 Å². The maximum absolute atomic E-state index is 11.6. The molecule has 0 saturated heterocycles. The highest BCUT2D eigenvalue weighted by Crippen LogP contribution is 2.62. The zero-order chi connectivity index (χ0) is 43.1. The molecular formula is C52H77NO7S. The lowest BCUT2D eigenvalue weighted by atomic mass is 9.56. The first-order chi connectivity index (χ1) is 30.0. The summed E-state index contributed by atoms with van der Waals surface area (Å²) in [5.41, 5.74) is 3.74. The highest BCUT2D eigenvalue weighted by Gasteiger charge is 2.64. The second-order valence-corrected chi connectivity index (χ2v) is 18.7. The van der Waals surface area contributed by atoms with E-state index < -0.39 is 5.79 Å². The molecule has 2 aliphatic carbocycles. The van der Waals surface area contributed by atoms with Crippen molar-refractivity contribution in [1.82, 2.24) is 0 Å². The summed E-state index contributed by atoms with van der Waals surface area (Å²) in [6.45, 7) is 9.49. The Hall–Kier alpha value is -3.11. The Labute approximate surface area is 372 Å². The molecule has 1 heterocycles. The first-order valence-corrected chi connectivity index (χ1v) is 25.1. The maximum atomic E-state index is 11.6. The van der Waals surface area contributed by atoms with Crippen LogP contribution < -0.4 is 9.47 Å². The Morgan fingerprint density at radius 1 is 0.836 bits per heavy atom. The molecule has 0 aromatic heterocycles. The minimum atomic E-state index is -0.977. The number of thioether (sulfide) groups is 1. The molecule has 0 amide bonds. The fraction of sp³-hybridized carbons (Fsp3) is 0.654. The Morgan fingerprint density at radius 2 is 1.51 bits per heavy atom. The molecule has 0 spiro atoms. The highest BCUT2D eigenvalue weighted by atomic mass is 32.2. The molecule has 338 valence electrons. The number of ether oxygens (including phenoxy) is 3. The van der Waals surface area contributed by atoms with E-state index in [9.17, 15) is 15.0 Å². The Morgan fingerprint density at radius 3 is 2.16 bits per heavy atom. The van der Waals surface area contributed by atoms with Gasteiger partial charge < -0.3 is 29.3 Å². The van der Waals surface area contributed by atoms with E-state index in [1.165, 1.54) is 83.5 Å². The van der Waals surface area contributed by atoms with Gasteiger partial charge in [-0.3, -0.25) is 4.79 Å². The lowest BCUT2D eigenvalue weighted by molar-refractivity contribution is -0.223. The standard InChI is InChI=1S/C52H77NO7S/c1-4-7-8-9-10-11-12-13-14-15-16-17-18-23-34-61-49-38-47(53-58-6-3)45-36-41(26-19-21-31-54)44(28-20-22-32-55)50-46-37-43(59-42-27-24-25-40(35-42)39-56)29-30-48(46)60-52(49,51(45)50)57-33-5-2/h5,24-25,27,29-30,35-37,39,41,44,49-51,54-55H,2,4,6-23,26,28,31-34,38H2,1,3H3/t41-,44+,49-,50+,51+,52+/m0/s1. The molecule has 61 heavy (non-hydrogen) atoms. The maximum Gasteiger partial charge on any atom is 0.230 e. The summed E-state index contributed by atoms with van der Waals surface area (Å²) < 4.78 is 20.9. The van der Waals surface area contributed by atoms with Gasteiger partial charge in [0.25, 0.3) is 0 Å². The van der Waals surface area contributed by atoms with Crippen LogP contribution in [0.4, 0.5) is 0 Å². The Kier molecular flexibility index (Phi) is 21.8. The van der Waals surface area contributed by atoms with Crippen molar-refractivity contribution < 1.29 is 34.1 Å². The highest BCUT2D eigenvalue weighted by molar-refractivity contribution is 8.00. The monoisotopic (exact) mass is 860 g/mol. The van der Waals surface area contributed by atoms with Gasteiger partial charge in [0.05, 0.1) is 23.5 Å². The van der Waals surface area contributed by atoms with Crippen LogP contribution in [0.1, 0.15) is 171 Å². The summed E-state index contributed by atoms with van der Waals surface area (Å²) in [6.07, 6.45) is 29.6. The number of aliphatic hydroxyl groups excluding tert-OH is 2. The van der Waals surface area contributed by atoms with Gasteiger partial charge in [-0.25, -0.2) is 0 Å². The number of fused-ring (bicyclic) bond motifs is 2. The number of oxime groups is 1. The van der Waals surface area contributed by atoms with Crippen LogP contribution in [-0.2, 0) is 9.57 Å². The smallest absolute Gasteiger partial charge is 0.230 e. The first-order valence-electron chi connectivity index (χ1n) is 24.1. The minimum absolute atomic E-state index is 0.00692. The summed E-state index contributed by atoms with van der Waals surface area (Å²) >= 11 is 1.95.